The first-order valence-corrected chi connectivity index (χ1v) is 8.28. The van der Waals surface area contributed by atoms with E-state index in [4.69, 9.17) is 10.5 Å². The first kappa shape index (κ1) is 19.4. The Morgan fingerprint density at radius 3 is 2.68 bits per heavy atom. The molecule has 22 heavy (non-hydrogen) atoms. The minimum Gasteiger partial charge on any atom is -0.378 e. The van der Waals surface area contributed by atoms with Crippen LogP contribution < -0.4 is 5.73 Å². The second-order valence-corrected chi connectivity index (χ2v) is 6.34. The van der Waals surface area contributed by atoms with Gasteiger partial charge >= 0.3 is 0 Å². The quantitative estimate of drug-likeness (QED) is 0.785. The van der Waals surface area contributed by atoms with Gasteiger partial charge in [-0.25, -0.2) is 0 Å². The summed E-state index contributed by atoms with van der Waals surface area (Å²) in [5.74, 6) is 0.0993. The summed E-state index contributed by atoms with van der Waals surface area (Å²) < 4.78 is 6.64. The number of hydrogen-bond acceptors (Lipinski definition) is 3. The highest BCUT2D eigenvalue weighted by Crippen LogP contribution is 2.22. The van der Waals surface area contributed by atoms with Crippen LogP contribution in [0.3, 0.4) is 0 Å². The lowest BCUT2D eigenvalue weighted by molar-refractivity contribution is 0.00842. The van der Waals surface area contributed by atoms with Gasteiger partial charge in [-0.2, -0.15) is 0 Å². The van der Waals surface area contributed by atoms with Crippen molar-refractivity contribution in [2.75, 3.05) is 26.2 Å². The number of hydrogen-bond donors (Lipinski definition) is 1. The molecule has 1 saturated heterocycles. The van der Waals surface area contributed by atoms with E-state index >= 15 is 0 Å². The predicted molar refractivity (Wildman–Crippen MR) is 94.7 cm³/mol. The van der Waals surface area contributed by atoms with Gasteiger partial charge in [0.2, 0.25) is 0 Å². The zero-order valence-electron chi connectivity index (χ0n) is 12.9. The molecule has 0 spiro atoms. The van der Waals surface area contributed by atoms with Crippen LogP contribution in [-0.2, 0) is 4.74 Å². The third-order valence-corrected chi connectivity index (χ3v) is 4.44. The highest BCUT2D eigenvalue weighted by Gasteiger charge is 2.24. The molecule has 0 saturated carbocycles. The number of ether oxygens (including phenoxy) is 1. The van der Waals surface area contributed by atoms with Crippen molar-refractivity contribution in [2.24, 2.45) is 5.73 Å². The Labute approximate surface area is 146 Å². The van der Waals surface area contributed by atoms with Gasteiger partial charge in [-0.15, -0.1) is 12.4 Å². The molecule has 1 heterocycles. The number of benzene rings is 1. The molecule has 0 aliphatic carbocycles. The molecule has 2 rings (SSSR count). The highest BCUT2D eigenvalue weighted by molar-refractivity contribution is 9.10. The summed E-state index contributed by atoms with van der Waals surface area (Å²) in [5, 5.41) is 0. The minimum absolute atomic E-state index is 0. The molecule has 0 radical (unpaired) electrons. The van der Waals surface area contributed by atoms with Gasteiger partial charge in [0.1, 0.15) is 0 Å². The van der Waals surface area contributed by atoms with Gasteiger partial charge in [0.05, 0.1) is 11.7 Å². The summed E-state index contributed by atoms with van der Waals surface area (Å²) in [7, 11) is 0. The monoisotopic (exact) mass is 390 g/mol. The van der Waals surface area contributed by atoms with Crippen molar-refractivity contribution in [1.29, 1.82) is 0 Å². The average molecular weight is 392 g/mol. The van der Waals surface area contributed by atoms with Gasteiger partial charge in [0, 0.05) is 24.2 Å². The van der Waals surface area contributed by atoms with Gasteiger partial charge in [0.15, 0.2) is 0 Å². The van der Waals surface area contributed by atoms with E-state index in [-0.39, 0.29) is 24.4 Å². The van der Waals surface area contributed by atoms with E-state index < -0.39 is 0 Å². The molecule has 1 fully saturated rings. The minimum atomic E-state index is 0. The average Bonchev–Trinajstić information content (AvgIpc) is 2.48. The Hall–Kier alpha value is -0.620. The number of likely N-dealkylation sites (tertiary alicyclic amines) is 1. The summed E-state index contributed by atoms with van der Waals surface area (Å²) in [5.41, 5.74) is 7.34. The molecule has 1 aromatic carbocycles. The van der Waals surface area contributed by atoms with Gasteiger partial charge in [0.25, 0.3) is 5.91 Å². The molecule has 4 nitrogen and oxygen atoms in total. The molecule has 124 valence electrons. The second-order valence-electron chi connectivity index (χ2n) is 5.49. The van der Waals surface area contributed by atoms with Gasteiger partial charge in [-0.3, -0.25) is 4.79 Å². The number of carbonyl (C=O) groups excluding carboxylic acids is 1. The van der Waals surface area contributed by atoms with Crippen LogP contribution in [0, 0.1) is 6.92 Å². The fourth-order valence-electron chi connectivity index (χ4n) is 2.52. The van der Waals surface area contributed by atoms with Gasteiger partial charge < -0.3 is 15.4 Å². The number of rotatable bonds is 5. The second kappa shape index (κ2) is 9.50. The Morgan fingerprint density at radius 2 is 2.09 bits per heavy atom. The number of nitrogens with two attached hydrogens (primary N) is 1. The van der Waals surface area contributed by atoms with Crippen molar-refractivity contribution in [1.82, 2.24) is 4.90 Å². The summed E-state index contributed by atoms with van der Waals surface area (Å²) in [6.07, 6.45) is 2.97. The molecule has 0 unspecified atom stereocenters. The fourth-order valence-corrected chi connectivity index (χ4v) is 3.19. The molecule has 1 amide bonds. The van der Waals surface area contributed by atoms with Crippen molar-refractivity contribution in [3.63, 3.8) is 0 Å². The van der Waals surface area contributed by atoms with Gasteiger partial charge in [-0.1, -0.05) is 6.07 Å². The smallest absolute Gasteiger partial charge is 0.255 e. The third kappa shape index (κ3) is 5.23. The lowest BCUT2D eigenvalue weighted by Gasteiger charge is -2.32. The maximum atomic E-state index is 12.5. The Morgan fingerprint density at radius 1 is 1.41 bits per heavy atom. The van der Waals surface area contributed by atoms with Crippen LogP contribution in [0.4, 0.5) is 0 Å². The maximum absolute atomic E-state index is 12.5. The highest BCUT2D eigenvalue weighted by atomic mass is 79.9. The van der Waals surface area contributed by atoms with E-state index in [0.717, 1.165) is 54.6 Å². The molecule has 1 aliphatic heterocycles. The molecule has 2 N–H and O–H groups in total. The lowest BCUT2D eigenvalue weighted by atomic mass is 10.1. The van der Waals surface area contributed by atoms with Crippen LogP contribution in [-0.4, -0.2) is 43.2 Å². The molecule has 0 bridgehead atoms. The predicted octanol–water partition coefficient (Wildman–Crippen LogP) is 3.15. The molecular weight excluding hydrogens is 368 g/mol. The molecule has 6 heteroatoms. The Balaban J connectivity index is 0.00000242. The molecule has 0 atom stereocenters. The van der Waals surface area contributed by atoms with Crippen LogP contribution in [0.2, 0.25) is 0 Å². The fraction of sp³-hybridized carbons (Fsp3) is 0.562. The largest absolute Gasteiger partial charge is 0.378 e. The summed E-state index contributed by atoms with van der Waals surface area (Å²) in [6.45, 7) is 4.92. The third-order valence-electron chi connectivity index (χ3n) is 3.79. The molecule has 1 aromatic rings. The lowest BCUT2D eigenvalue weighted by Crippen LogP contribution is -2.41. The van der Waals surface area contributed by atoms with Crippen molar-refractivity contribution >= 4 is 34.2 Å². The van der Waals surface area contributed by atoms with Crippen LogP contribution in [0.5, 0.6) is 0 Å². The van der Waals surface area contributed by atoms with Crippen molar-refractivity contribution in [3.8, 4) is 0 Å². The summed E-state index contributed by atoms with van der Waals surface area (Å²) >= 11 is 3.48. The number of amides is 1. The SMILES string of the molecule is Cc1ccc(C(=O)N2CCC(OCCCN)CC2)c(Br)c1.Cl. The number of nitrogens with zero attached hydrogens (tertiary/aromatic N) is 1. The summed E-state index contributed by atoms with van der Waals surface area (Å²) in [4.78, 5) is 14.5. The number of carbonyl (C=O) groups is 1. The normalized spacial score (nSPS) is 15.5. The van der Waals surface area contributed by atoms with E-state index in [1.807, 2.05) is 30.0 Å². The number of piperidine rings is 1. The van der Waals surface area contributed by atoms with Crippen LogP contribution >= 0.6 is 28.3 Å². The topological polar surface area (TPSA) is 55.6 Å². The first-order valence-electron chi connectivity index (χ1n) is 7.49. The molecular formula is C16H24BrClN2O2. The zero-order valence-corrected chi connectivity index (χ0v) is 15.3. The molecule has 0 aromatic heterocycles. The number of aryl methyl sites for hydroxylation is 1. The van der Waals surface area contributed by atoms with Crippen LogP contribution in [0.1, 0.15) is 35.2 Å². The first-order chi connectivity index (χ1) is 10.1. The molecule has 1 aliphatic rings. The van der Waals surface area contributed by atoms with Gasteiger partial charge in [-0.05, 0) is 66.4 Å². The summed E-state index contributed by atoms with van der Waals surface area (Å²) in [6, 6.07) is 5.85. The van der Waals surface area contributed by atoms with Crippen LogP contribution in [0.15, 0.2) is 22.7 Å². The Bertz CT molecular complexity index is 491. The van der Waals surface area contributed by atoms with E-state index in [2.05, 4.69) is 15.9 Å². The van der Waals surface area contributed by atoms with E-state index in [1.165, 1.54) is 0 Å². The van der Waals surface area contributed by atoms with Crippen molar-refractivity contribution in [2.45, 2.75) is 32.3 Å². The number of halogens is 2. The van der Waals surface area contributed by atoms with E-state index in [9.17, 15) is 4.79 Å². The standard InChI is InChI=1S/C16H23BrN2O2.ClH/c1-12-3-4-14(15(17)11-12)16(20)19-8-5-13(6-9-19)21-10-2-7-18;/h3-4,11,13H,2,5-10,18H2,1H3;1H. The van der Waals surface area contributed by atoms with Crippen LogP contribution in [0.25, 0.3) is 0 Å². The van der Waals surface area contributed by atoms with E-state index in [1.54, 1.807) is 0 Å². The van der Waals surface area contributed by atoms with Crippen molar-refractivity contribution < 1.29 is 9.53 Å². The zero-order chi connectivity index (χ0) is 15.2. The van der Waals surface area contributed by atoms with Crippen molar-refractivity contribution in [3.05, 3.63) is 33.8 Å². The van der Waals surface area contributed by atoms with E-state index in [0.29, 0.717) is 6.54 Å². The maximum Gasteiger partial charge on any atom is 0.255 e. The Kier molecular flexibility index (Phi) is 8.39.